The SMILES string of the molecule is N[C@@H](c1ccccc1)c1ccc(F)c(F)c1. The van der Waals surface area contributed by atoms with Gasteiger partial charge in [0.05, 0.1) is 6.04 Å². The summed E-state index contributed by atoms with van der Waals surface area (Å²) in [4.78, 5) is 0. The number of nitrogens with two attached hydrogens (primary N) is 1. The first kappa shape index (κ1) is 10.8. The molecule has 0 aromatic heterocycles. The van der Waals surface area contributed by atoms with Gasteiger partial charge in [-0.25, -0.2) is 8.78 Å². The molecule has 1 atom stereocenters. The molecule has 2 N–H and O–H groups in total. The molecule has 82 valence electrons. The predicted octanol–water partition coefficient (Wildman–Crippen LogP) is 3.01. The number of benzene rings is 2. The Morgan fingerprint density at radius 3 is 2.12 bits per heavy atom. The fraction of sp³-hybridized carbons (Fsp3) is 0.0769. The third-order valence-corrected chi connectivity index (χ3v) is 2.46. The molecule has 0 heterocycles. The summed E-state index contributed by atoms with van der Waals surface area (Å²) in [5.74, 6) is -1.73. The molecular weight excluding hydrogens is 208 g/mol. The highest BCUT2D eigenvalue weighted by Crippen LogP contribution is 2.20. The van der Waals surface area contributed by atoms with E-state index in [4.69, 9.17) is 5.73 Å². The van der Waals surface area contributed by atoms with Crippen molar-refractivity contribution in [3.8, 4) is 0 Å². The van der Waals surface area contributed by atoms with Crippen molar-refractivity contribution in [3.05, 3.63) is 71.3 Å². The van der Waals surface area contributed by atoms with Crippen LogP contribution in [-0.4, -0.2) is 0 Å². The summed E-state index contributed by atoms with van der Waals surface area (Å²) in [6, 6.07) is 12.6. The van der Waals surface area contributed by atoms with Gasteiger partial charge in [0.15, 0.2) is 11.6 Å². The van der Waals surface area contributed by atoms with Crippen molar-refractivity contribution >= 4 is 0 Å². The van der Waals surface area contributed by atoms with Crippen LogP contribution in [0.25, 0.3) is 0 Å². The summed E-state index contributed by atoms with van der Waals surface area (Å²) in [5, 5.41) is 0. The van der Waals surface area contributed by atoms with Crippen molar-refractivity contribution in [3.63, 3.8) is 0 Å². The van der Waals surface area contributed by atoms with Crippen molar-refractivity contribution in [2.45, 2.75) is 6.04 Å². The van der Waals surface area contributed by atoms with Gasteiger partial charge in [-0.05, 0) is 23.3 Å². The van der Waals surface area contributed by atoms with E-state index in [0.717, 1.165) is 17.7 Å². The lowest BCUT2D eigenvalue weighted by Gasteiger charge is -2.12. The molecule has 0 saturated carbocycles. The van der Waals surface area contributed by atoms with E-state index in [0.29, 0.717) is 5.56 Å². The number of halogens is 2. The van der Waals surface area contributed by atoms with Gasteiger partial charge in [-0.3, -0.25) is 0 Å². The Hall–Kier alpha value is -1.74. The van der Waals surface area contributed by atoms with Crippen LogP contribution in [-0.2, 0) is 0 Å². The quantitative estimate of drug-likeness (QED) is 0.825. The van der Waals surface area contributed by atoms with Crippen LogP contribution in [0.2, 0.25) is 0 Å². The molecular formula is C13H11F2N. The number of hydrogen-bond acceptors (Lipinski definition) is 1. The van der Waals surface area contributed by atoms with Gasteiger partial charge in [0.25, 0.3) is 0 Å². The molecule has 0 radical (unpaired) electrons. The van der Waals surface area contributed by atoms with Crippen LogP contribution in [0.5, 0.6) is 0 Å². The molecule has 0 aliphatic carbocycles. The Morgan fingerprint density at radius 1 is 0.812 bits per heavy atom. The highest BCUT2D eigenvalue weighted by atomic mass is 19.2. The van der Waals surface area contributed by atoms with E-state index in [1.807, 2.05) is 30.3 Å². The van der Waals surface area contributed by atoms with Gasteiger partial charge in [0.2, 0.25) is 0 Å². The minimum Gasteiger partial charge on any atom is -0.320 e. The molecule has 3 heteroatoms. The summed E-state index contributed by atoms with van der Waals surface area (Å²) in [6.45, 7) is 0. The van der Waals surface area contributed by atoms with E-state index in [1.54, 1.807) is 0 Å². The van der Waals surface area contributed by atoms with Gasteiger partial charge in [0, 0.05) is 0 Å². The lowest BCUT2D eigenvalue weighted by Crippen LogP contribution is -2.12. The summed E-state index contributed by atoms with van der Waals surface area (Å²) in [6.07, 6.45) is 0. The van der Waals surface area contributed by atoms with Gasteiger partial charge in [-0.15, -0.1) is 0 Å². The zero-order valence-electron chi connectivity index (χ0n) is 8.53. The van der Waals surface area contributed by atoms with Crippen LogP contribution < -0.4 is 5.73 Å². The van der Waals surface area contributed by atoms with Crippen molar-refractivity contribution in [1.29, 1.82) is 0 Å². The van der Waals surface area contributed by atoms with E-state index in [9.17, 15) is 8.78 Å². The Labute approximate surface area is 92.5 Å². The molecule has 0 spiro atoms. The number of hydrogen-bond donors (Lipinski definition) is 1. The molecule has 0 bridgehead atoms. The highest BCUT2D eigenvalue weighted by Gasteiger charge is 2.10. The van der Waals surface area contributed by atoms with Gasteiger partial charge in [-0.1, -0.05) is 36.4 Å². The summed E-state index contributed by atoms with van der Waals surface area (Å²) in [7, 11) is 0. The third-order valence-electron chi connectivity index (χ3n) is 2.46. The maximum Gasteiger partial charge on any atom is 0.159 e. The molecule has 0 unspecified atom stereocenters. The average Bonchev–Trinajstić information content (AvgIpc) is 2.33. The predicted molar refractivity (Wildman–Crippen MR) is 58.8 cm³/mol. The second kappa shape index (κ2) is 4.41. The first-order chi connectivity index (χ1) is 7.68. The topological polar surface area (TPSA) is 26.0 Å². The second-order valence-corrected chi connectivity index (χ2v) is 3.56. The van der Waals surface area contributed by atoms with E-state index in [-0.39, 0.29) is 0 Å². The Kier molecular flexibility index (Phi) is 2.97. The van der Waals surface area contributed by atoms with Gasteiger partial charge < -0.3 is 5.73 Å². The summed E-state index contributed by atoms with van der Waals surface area (Å²) >= 11 is 0. The zero-order valence-corrected chi connectivity index (χ0v) is 8.53. The normalized spacial score (nSPS) is 12.4. The third kappa shape index (κ3) is 2.09. The maximum atomic E-state index is 13.0. The largest absolute Gasteiger partial charge is 0.320 e. The average molecular weight is 219 g/mol. The smallest absolute Gasteiger partial charge is 0.159 e. The van der Waals surface area contributed by atoms with E-state index >= 15 is 0 Å². The van der Waals surface area contributed by atoms with Crippen LogP contribution in [0.15, 0.2) is 48.5 Å². The maximum absolute atomic E-state index is 13.0. The van der Waals surface area contributed by atoms with E-state index in [1.165, 1.54) is 6.07 Å². The Bertz CT molecular complexity index is 483. The minimum atomic E-state index is -0.871. The van der Waals surface area contributed by atoms with Crippen LogP contribution >= 0.6 is 0 Å². The fourth-order valence-electron chi connectivity index (χ4n) is 1.56. The Balaban J connectivity index is 2.34. The van der Waals surface area contributed by atoms with Gasteiger partial charge in [-0.2, -0.15) is 0 Å². The first-order valence-electron chi connectivity index (χ1n) is 4.94. The molecule has 0 amide bonds. The molecule has 1 nitrogen and oxygen atoms in total. The fourth-order valence-corrected chi connectivity index (χ4v) is 1.56. The van der Waals surface area contributed by atoms with Crippen LogP contribution in [0.4, 0.5) is 8.78 Å². The van der Waals surface area contributed by atoms with E-state index < -0.39 is 17.7 Å². The lowest BCUT2D eigenvalue weighted by atomic mass is 10.00. The van der Waals surface area contributed by atoms with Crippen LogP contribution in [0, 0.1) is 11.6 Å². The number of rotatable bonds is 2. The van der Waals surface area contributed by atoms with Gasteiger partial charge >= 0.3 is 0 Å². The second-order valence-electron chi connectivity index (χ2n) is 3.56. The van der Waals surface area contributed by atoms with Gasteiger partial charge in [0.1, 0.15) is 0 Å². The summed E-state index contributed by atoms with van der Waals surface area (Å²) in [5.41, 5.74) is 7.38. The molecule has 2 rings (SSSR count). The Morgan fingerprint density at radius 2 is 1.50 bits per heavy atom. The molecule has 0 saturated heterocycles. The van der Waals surface area contributed by atoms with Crippen molar-refractivity contribution in [2.24, 2.45) is 5.73 Å². The molecule has 16 heavy (non-hydrogen) atoms. The molecule has 0 aliphatic rings. The van der Waals surface area contributed by atoms with Crippen molar-refractivity contribution < 1.29 is 8.78 Å². The first-order valence-corrected chi connectivity index (χ1v) is 4.94. The van der Waals surface area contributed by atoms with Crippen LogP contribution in [0.3, 0.4) is 0 Å². The van der Waals surface area contributed by atoms with Crippen molar-refractivity contribution in [1.82, 2.24) is 0 Å². The summed E-state index contributed by atoms with van der Waals surface area (Å²) < 4.78 is 25.8. The van der Waals surface area contributed by atoms with Crippen molar-refractivity contribution in [2.75, 3.05) is 0 Å². The molecule has 2 aromatic rings. The molecule has 0 fully saturated rings. The van der Waals surface area contributed by atoms with Crippen LogP contribution in [0.1, 0.15) is 17.2 Å². The van der Waals surface area contributed by atoms with E-state index in [2.05, 4.69) is 0 Å². The lowest BCUT2D eigenvalue weighted by molar-refractivity contribution is 0.506. The monoisotopic (exact) mass is 219 g/mol. The zero-order chi connectivity index (χ0) is 11.5. The molecule has 2 aromatic carbocycles. The highest BCUT2D eigenvalue weighted by molar-refractivity contribution is 5.31. The minimum absolute atomic E-state index is 0.434. The standard InChI is InChI=1S/C13H11F2N/c14-11-7-6-10(8-12(11)15)13(16)9-4-2-1-3-5-9/h1-8,13H,16H2/t13-/m0/s1. The molecule has 0 aliphatic heterocycles.